The molecule has 0 aliphatic rings. The second kappa shape index (κ2) is 6.17. The molecule has 21 heavy (non-hydrogen) atoms. The van der Waals surface area contributed by atoms with Gasteiger partial charge in [0, 0.05) is 12.1 Å². The fraction of sp³-hybridized carbons (Fsp3) is 0.462. The molecule has 0 aromatic carbocycles. The van der Waals surface area contributed by atoms with Crippen molar-refractivity contribution < 1.29 is 14.8 Å². The fourth-order valence-electron chi connectivity index (χ4n) is 1.69. The summed E-state index contributed by atoms with van der Waals surface area (Å²) in [5.41, 5.74) is -1.06. The molecule has 1 rings (SSSR count). The van der Waals surface area contributed by atoms with E-state index in [0.29, 0.717) is 0 Å². The summed E-state index contributed by atoms with van der Waals surface area (Å²) in [6, 6.07) is 3.76. The van der Waals surface area contributed by atoms with Gasteiger partial charge in [0.2, 0.25) is 5.69 Å². The van der Waals surface area contributed by atoms with E-state index in [1.165, 1.54) is 12.1 Å². The minimum Gasteiger partial charge on any atom is -0.481 e. The van der Waals surface area contributed by atoms with Gasteiger partial charge in [-0.3, -0.25) is 14.9 Å². The topological polar surface area (TPSA) is 129 Å². The van der Waals surface area contributed by atoms with Crippen LogP contribution in [0.2, 0.25) is 0 Å². The van der Waals surface area contributed by atoms with E-state index in [0.717, 1.165) is 0 Å². The van der Waals surface area contributed by atoms with Crippen molar-refractivity contribution in [1.82, 2.24) is 4.98 Å². The molecular weight excluding hydrogens is 276 g/mol. The van der Waals surface area contributed by atoms with E-state index in [-0.39, 0.29) is 29.0 Å². The Morgan fingerprint density at radius 1 is 1.57 bits per heavy atom. The Hall–Kier alpha value is -2.69. The molecule has 0 saturated heterocycles. The Bertz CT molecular complexity index is 601. The summed E-state index contributed by atoms with van der Waals surface area (Å²) < 4.78 is 0. The van der Waals surface area contributed by atoms with Crippen LogP contribution >= 0.6 is 0 Å². The SMILES string of the molecule is CC(C)(C)C(CC(=O)O)Nc1ccc([N+](=O)[O-])c(C#N)n1. The van der Waals surface area contributed by atoms with Crippen LogP contribution in [-0.2, 0) is 4.79 Å². The predicted molar refractivity (Wildman–Crippen MR) is 74.7 cm³/mol. The molecule has 2 N–H and O–H groups in total. The molecule has 0 radical (unpaired) electrons. The number of hydrogen-bond acceptors (Lipinski definition) is 6. The minimum atomic E-state index is -0.968. The number of nitrogens with zero attached hydrogens (tertiary/aromatic N) is 3. The summed E-state index contributed by atoms with van der Waals surface area (Å²) in [6.07, 6.45) is -0.135. The van der Waals surface area contributed by atoms with Crippen LogP contribution in [0.1, 0.15) is 32.9 Å². The molecule has 1 atom stereocenters. The van der Waals surface area contributed by atoms with E-state index in [1.807, 2.05) is 20.8 Å². The standard InChI is InChI=1S/C13H16N4O4/c1-13(2,3)10(6-12(18)19)16-11-5-4-9(17(20)21)8(7-14)15-11/h4-5,10H,6H2,1-3H3,(H,15,16)(H,18,19). The third-order valence-electron chi connectivity index (χ3n) is 2.92. The Morgan fingerprint density at radius 3 is 2.62 bits per heavy atom. The van der Waals surface area contributed by atoms with Crippen LogP contribution in [0.25, 0.3) is 0 Å². The average Bonchev–Trinajstić information content (AvgIpc) is 2.35. The highest BCUT2D eigenvalue weighted by Gasteiger charge is 2.27. The zero-order valence-corrected chi connectivity index (χ0v) is 12.0. The number of nitriles is 1. The summed E-state index contributed by atoms with van der Waals surface area (Å²) in [5.74, 6) is -0.733. The van der Waals surface area contributed by atoms with Crippen LogP contribution in [0, 0.1) is 26.9 Å². The van der Waals surface area contributed by atoms with Crippen LogP contribution in [0.3, 0.4) is 0 Å². The number of anilines is 1. The van der Waals surface area contributed by atoms with Gasteiger partial charge < -0.3 is 10.4 Å². The number of nitro groups is 1. The first-order valence-corrected chi connectivity index (χ1v) is 6.19. The van der Waals surface area contributed by atoms with Gasteiger partial charge in [-0.15, -0.1) is 0 Å². The number of pyridine rings is 1. The number of hydrogen-bond donors (Lipinski definition) is 2. The first-order valence-electron chi connectivity index (χ1n) is 6.19. The van der Waals surface area contributed by atoms with E-state index in [9.17, 15) is 14.9 Å². The highest BCUT2D eigenvalue weighted by molar-refractivity contribution is 5.68. The number of aromatic nitrogens is 1. The van der Waals surface area contributed by atoms with Gasteiger partial charge in [-0.1, -0.05) is 20.8 Å². The molecule has 0 amide bonds. The summed E-state index contributed by atoms with van der Waals surface area (Å²) in [5, 5.41) is 31.5. The molecule has 0 fully saturated rings. The zero-order valence-electron chi connectivity index (χ0n) is 12.0. The van der Waals surface area contributed by atoms with Crippen molar-refractivity contribution in [2.24, 2.45) is 5.41 Å². The quantitative estimate of drug-likeness (QED) is 0.628. The van der Waals surface area contributed by atoms with Crippen LogP contribution in [0.15, 0.2) is 12.1 Å². The van der Waals surface area contributed by atoms with Gasteiger partial charge in [-0.25, -0.2) is 4.98 Å². The molecule has 1 heterocycles. The van der Waals surface area contributed by atoms with Crippen molar-refractivity contribution in [3.8, 4) is 6.07 Å². The summed E-state index contributed by atoms with van der Waals surface area (Å²) >= 11 is 0. The normalized spacial score (nSPS) is 12.3. The van der Waals surface area contributed by atoms with E-state index < -0.39 is 16.9 Å². The van der Waals surface area contributed by atoms with Gasteiger partial charge in [0.1, 0.15) is 11.9 Å². The highest BCUT2D eigenvalue weighted by atomic mass is 16.6. The number of rotatable bonds is 5. The molecule has 1 aromatic heterocycles. The number of nitrogens with one attached hydrogen (secondary N) is 1. The molecular formula is C13H16N4O4. The van der Waals surface area contributed by atoms with Crippen LogP contribution < -0.4 is 5.32 Å². The van der Waals surface area contributed by atoms with Crippen LogP contribution in [0.5, 0.6) is 0 Å². The smallest absolute Gasteiger partial charge is 0.305 e. The lowest BCUT2D eigenvalue weighted by Crippen LogP contribution is -2.36. The minimum absolute atomic E-state index is 0.135. The molecule has 0 saturated carbocycles. The maximum Gasteiger partial charge on any atom is 0.305 e. The highest BCUT2D eigenvalue weighted by Crippen LogP contribution is 2.26. The lowest BCUT2D eigenvalue weighted by Gasteiger charge is -2.30. The molecule has 0 aliphatic heterocycles. The van der Waals surface area contributed by atoms with Gasteiger partial charge in [0.05, 0.1) is 11.3 Å². The van der Waals surface area contributed by atoms with E-state index in [4.69, 9.17) is 10.4 Å². The largest absolute Gasteiger partial charge is 0.481 e. The number of carboxylic acids is 1. The van der Waals surface area contributed by atoms with Crippen LogP contribution in [0.4, 0.5) is 11.5 Å². The van der Waals surface area contributed by atoms with Gasteiger partial charge in [0.25, 0.3) is 0 Å². The zero-order chi connectivity index (χ0) is 16.2. The number of carboxylic acid groups (broad SMARTS) is 1. The third-order valence-corrected chi connectivity index (χ3v) is 2.92. The van der Waals surface area contributed by atoms with Crippen molar-refractivity contribution in [2.75, 3.05) is 5.32 Å². The number of carbonyl (C=O) groups is 1. The van der Waals surface area contributed by atoms with E-state index in [1.54, 1.807) is 6.07 Å². The third kappa shape index (κ3) is 4.42. The Labute approximate surface area is 121 Å². The van der Waals surface area contributed by atoms with Crippen molar-refractivity contribution in [3.05, 3.63) is 27.9 Å². The Morgan fingerprint density at radius 2 is 2.19 bits per heavy atom. The maximum absolute atomic E-state index is 10.9. The first-order chi connectivity index (χ1) is 9.65. The lowest BCUT2D eigenvalue weighted by atomic mass is 9.85. The van der Waals surface area contributed by atoms with Crippen molar-refractivity contribution >= 4 is 17.5 Å². The fourth-order valence-corrected chi connectivity index (χ4v) is 1.69. The second-order valence-electron chi connectivity index (χ2n) is 5.59. The lowest BCUT2D eigenvalue weighted by molar-refractivity contribution is -0.385. The molecule has 8 nitrogen and oxygen atoms in total. The van der Waals surface area contributed by atoms with Crippen molar-refractivity contribution in [2.45, 2.75) is 33.2 Å². The molecule has 0 aliphatic carbocycles. The van der Waals surface area contributed by atoms with Gasteiger partial charge in [0.15, 0.2) is 0 Å². The van der Waals surface area contributed by atoms with Crippen LogP contribution in [-0.4, -0.2) is 27.0 Å². The first kappa shape index (κ1) is 16.4. The molecule has 1 unspecified atom stereocenters. The monoisotopic (exact) mass is 292 g/mol. The predicted octanol–water partition coefficient (Wildman–Crippen LogP) is 2.16. The summed E-state index contributed by atoms with van der Waals surface area (Å²) in [7, 11) is 0. The molecule has 8 heteroatoms. The van der Waals surface area contributed by atoms with Gasteiger partial charge in [-0.2, -0.15) is 5.26 Å². The average molecular weight is 292 g/mol. The Balaban J connectivity index is 3.08. The van der Waals surface area contributed by atoms with E-state index >= 15 is 0 Å². The van der Waals surface area contributed by atoms with Crippen molar-refractivity contribution in [1.29, 1.82) is 5.26 Å². The molecule has 0 bridgehead atoms. The molecule has 0 spiro atoms. The number of aliphatic carboxylic acids is 1. The second-order valence-corrected chi connectivity index (χ2v) is 5.59. The summed E-state index contributed by atoms with van der Waals surface area (Å²) in [4.78, 5) is 24.8. The molecule has 112 valence electrons. The maximum atomic E-state index is 10.9. The summed E-state index contributed by atoms with van der Waals surface area (Å²) in [6.45, 7) is 5.60. The van der Waals surface area contributed by atoms with E-state index in [2.05, 4.69) is 10.3 Å². The molecule has 1 aromatic rings. The van der Waals surface area contributed by atoms with Crippen molar-refractivity contribution in [3.63, 3.8) is 0 Å². The van der Waals surface area contributed by atoms with Gasteiger partial charge in [-0.05, 0) is 11.5 Å². The Kier molecular flexibility index (Phi) is 4.81. The van der Waals surface area contributed by atoms with Gasteiger partial charge >= 0.3 is 11.7 Å².